The van der Waals surface area contributed by atoms with E-state index in [1.165, 1.54) is 0 Å². The number of para-hydroxylation sites is 1. The van der Waals surface area contributed by atoms with Gasteiger partial charge in [0, 0.05) is 0 Å². The van der Waals surface area contributed by atoms with Crippen LogP contribution in [-0.4, -0.2) is 15.0 Å². The Hall–Kier alpha value is -1.84. The van der Waals surface area contributed by atoms with Gasteiger partial charge in [0.1, 0.15) is 0 Å². The molecule has 0 bridgehead atoms. The van der Waals surface area contributed by atoms with Crippen LogP contribution in [0.2, 0.25) is 0 Å². The summed E-state index contributed by atoms with van der Waals surface area (Å²) in [6, 6.07) is 9.70. The lowest BCUT2D eigenvalue weighted by Crippen LogP contribution is -1.93. The molecule has 1 aromatic carbocycles. The zero-order valence-electron chi connectivity index (χ0n) is 6.38. The smallest absolute Gasteiger partial charge is 0.166 e. The first-order chi connectivity index (χ1) is 5.86. The van der Waals surface area contributed by atoms with Crippen LogP contribution < -0.4 is 5.73 Å². The van der Waals surface area contributed by atoms with Gasteiger partial charge in [0.05, 0.1) is 11.9 Å². The molecular weight excluding hydrogens is 152 g/mol. The molecule has 4 heteroatoms. The summed E-state index contributed by atoms with van der Waals surface area (Å²) in [5.74, 6) is 0.429. The third-order valence-electron chi connectivity index (χ3n) is 1.53. The molecule has 0 saturated carbocycles. The lowest BCUT2D eigenvalue weighted by atomic mass is 10.3. The average molecular weight is 160 g/mol. The van der Waals surface area contributed by atoms with Crippen molar-refractivity contribution >= 4 is 5.82 Å². The highest BCUT2D eigenvalue weighted by Gasteiger charge is 1.96. The number of hydrogen-bond acceptors (Lipinski definition) is 3. The highest BCUT2D eigenvalue weighted by molar-refractivity contribution is 5.33. The van der Waals surface area contributed by atoms with Crippen LogP contribution in [-0.2, 0) is 0 Å². The van der Waals surface area contributed by atoms with Gasteiger partial charge >= 0.3 is 0 Å². The van der Waals surface area contributed by atoms with Gasteiger partial charge < -0.3 is 5.73 Å². The Morgan fingerprint density at radius 3 is 2.50 bits per heavy atom. The van der Waals surface area contributed by atoms with E-state index in [-0.39, 0.29) is 0 Å². The van der Waals surface area contributed by atoms with E-state index in [0.717, 1.165) is 5.69 Å². The largest absolute Gasteiger partial charge is 0.381 e. The first kappa shape index (κ1) is 6.84. The molecule has 0 amide bonds. The van der Waals surface area contributed by atoms with Crippen molar-refractivity contribution in [1.82, 2.24) is 15.0 Å². The van der Waals surface area contributed by atoms with E-state index in [1.54, 1.807) is 10.9 Å². The molecular formula is C8H8N4. The van der Waals surface area contributed by atoms with Gasteiger partial charge in [0.2, 0.25) is 0 Å². The zero-order chi connectivity index (χ0) is 8.39. The maximum atomic E-state index is 5.42. The number of rotatable bonds is 1. The van der Waals surface area contributed by atoms with E-state index >= 15 is 0 Å². The third kappa shape index (κ3) is 1.14. The van der Waals surface area contributed by atoms with Crippen LogP contribution in [0.5, 0.6) is 0 Å². The molecule has 0 fully saturated rings. The van der Waals surface area contributed by atoms with Gasteiger partial charge in [-0.1, -0.05) is 23.4 Å². The van der Waals surface area contributed by atoms with E-state index in [2.05, 4.69) is 10.3 Å². The zero-order valence-corrected chi connectivity index (χ0v) is 6.38. The van der Waals surface area contributed by atoms with Crippen molar-refractivity contribution < 1.29 is 0 Å². The molecule has 60 valence electrons. The fourth-order valence-electron chi connectivity index (χ4n) is 0.984. The summed E-state index contributed by atoms with van der Waals surface area (Å²) in [7, 11) is 0. The molecule has 0 aliphatic rings. The highest BCUT2D eigenvalue weighted by Crippen LogP contribution is 2.05. The molecule has 4 nitrogen and oxygen atoms in total. The number of nitrogen functional groups attached to an aromatic ring is 1. The van der Waals surface area contributed by atoms with Crippen LogP contribution in [0.1, 0.15) is 0 Å². The van der Waals surface area contributed by atoms with Crippen molar-refractivity contribution in [3.8, 4) is 5.69 Å². The second kappa shape index (κ2) is 2.65. The Balaban J connectivity index is 2.45. The minimum atomic E-state index is 0.429. The minimum absolute atomic E-state index is 0.429. The molecule has 0 spiro atoms. The maximum Gasteiger partial charge on any atom is 0.166 e. The highest BCUT2D eigenvalue weighted by atomic mass is 15.4. The number of hydrogen-bond donors (Lipinski definition) is 1. The third-order valence-corrected chi connectivity index (χ3v) is 1.53. The normalized spacial score (nSPS) is 10.0. The topological polar surface area (TPSA) is 56.7 Å². The summed E-state index contributed by atoms with van der Waals surface area (Å²) in [5.41, 5.74) is 6.38. The minimum Gasteiger partial charge on any atom is -0.381 e. The van der Waals surface area contributed by atoms with Gasteiger partial charge in [-0.05, 0) is 12.1 Å². The van der Waals surface area contributed by atoms with E-state index in [1.807, 2.05) is 30.3 Å². The van der Waals surface area contributed by atoms with E-state index < -0.39 is 0 Å². The maximum absolute atomic E-state index is 5.42. The Labute approximate surface area is 69.6 Å². The van der Waals surface area contributed by atoms with Gasteiger partial charge in [-0.15, -0.1) is 5.10 Å². The summed E-state index contributed by atoms with van der Waals surface area (Å²) in [5, 5.41) is 7.51. The van der Waals surface area contributed by atoms with Crippen molar-refractivity contribution in [3.63, 3.8) is 0 Å². The number of anilines is 1. The van der Waals surface area contributed by atoms with Crippen molar-refractivity contribution in [2.24, 2.45) is 0 Å². The standard InChI is InChI=1S/C8H8N4/c9-8-6-12(11-10-8)7-4-2-1-3-5-7/h1-6H,9H2. The summed E-state index contributed by atoms with van der Waals surface area (Å²) in [4.78, 5) is 0. The number of benzene rings is 1. The molecule has 0 atom stereocenters. The molecule has 1 heterocycles. The van der Waals surface area contributed by atoms with Crippen molar-refractivity contribution in [2.75, 3.05) is 5.73 Å². The second-order valence-corrected chi connectivity index (χ2v) is 2.42. The molecule has 0 saturated heterocycles. The van der Waals surface area contributed by atoms with Gasteiger partial charge in [0.15, 0.2) is 5.82 Å². The Morgan fingerprint density at radius 2 is 1.92 bits per heavy atom. The summed E-state index contributed by atoms with van der Waals surface area (Å²) >= 11 is 0. The summed E-state index contributed by atoms with van der Waals surface area (Å²) < 4.78 is 1.63. The van der Waals surface area contributed by atoms with Crippen molar-refractivity contribution in [3.05, 3.63) is 36.5 Å². The molecule has 1 aromatic heterocycles. The lowest BCUT2D eigenvalue weighted by molar-refractivity contribution is 0.804. The van der Waals surface area contributed by atoms with Crippen molar-refractivity contribution in [1.29, 1.82) is 0 Å². The van der Waals surface area contributed by atoms with E-state index in [9.17, 15) is 0 Å². The molecule has 2 aromatic rings. The van der Waals surface area contributed by atoms with Gasteiger partial charge in [-0.2, -0.15) is 0 Å². The molecule has 2 rings (SSSR count). The number of nitrogens with zero attached hydrogens (tertiary/aromatic N) is 3. The average Bonchev–Trinajstić information content (AvgIpc) is 2.54. The van der Waals surface area contributed by atoms with Crippen LogP contribution in [0, 0.1) is 0 Å². The van der Waals surface area contributed by atoms with Gasteiger partial charge in [0.25, 0.3) is 0 Å². The molecule has 0 unspecified atom stereocenters. The predicted octanol–water partition coefficient (Wildman–Crippen LogP) is 0.850. The fourth-order valence-corrected chi connectivity index (χ4v) is 0.984. The first-order valence-corrected chi connectivity index (χ1v) is 3.59. The Bertz CT molecular complexity index is 366. The van der Waals surface area contributed by atoms with Crippen LogP contribution in [0.4, 0.5) is 5.82 Å². The van der Waals surface area contributed by atoms with Crippen molar-refractivity contribution in [2.45, 2.75) is 0 Å². The Kier molecular flexibility index (Phi) is 1.51. The molecule has 2 N–H and O–H groups in total. The molecule has 12 heavy (non-hydrogen) atoms. The molecule has 0 aliphatic heterocycles. The van der Waals surface area contributed by atoms with E-state index in [4.69, 9.17) is 5.73 Å². The fraction of sp³-hybridized carbons (Fsp3) is 0. The van der Waals surface area contributed by atoms with Crippen LogP contribution >= 0.6 is 0 Å². The molecule has 0 aliphatic carbocycles. The quantitative estimate of drug-likeness (QED) is 0.672. The second-order valence-electron chi connectivity index (χ2n) is 2.42. The van der Waals surface area contributed by atoms with E-state index in [0.29, 0.717) is 5.82 Å². The monoisotopic (exact) mass is 160 g/mol. The SMILES string of the molecule is Nc1cn(-c2ccccc2)nn1. The molecule has 0 radical (unpaired) electrons. The summed E-state index contributed by atoms with van der Waals surface area (Å²) in [6.45, 7) is 0. The van der Waals surface area contributed by atoms with Gasteiger partial charge in [-0.3, -0.25) is 0 Å². The first-order valence-electron chi connectivity index (χ1n) is 3.59. The Morgan fingerprint density at radius 1 is 1.17 bits per heavy atom. The number of aromatic nitrogens is 3. The number of nitrogens with two attached hydrogens (primary N) is 1. The van der Waals surface area contributed by atoms with Crippen LogP contribution in [0.3, 0.4) is 0 Å². The lowest BCUT2D eigenvalue weighted by Gasteiger charge is -1.96. The van der Waals surface area contributed by atoms with Crippen LogP contribution in [0.25, 0.3) is 5.69 Å². The summed E-state index contributed by atoms with van der Waals surface area (Å²) in [6.07, 6.45) is 1.68. The van der Waals surface area contributed by atoms with Gasteiger partial charge in [-0.25, -0.2) is 4.68 Å². The predicted molar refractivity (Wildman–Crippen MR) is 45.8 cm³/mol. The van der Waals surface area contributed by atoms with Crippen LogP contribution in [0.15, 0.2) is 36.5 Å².